The van der Waals surface area contributed by atoms with E-state index in [9.17, 15) is 13.2 Å². The first-order valence-corrected chi connectivity index (χ1v) is 7.44. The monoisotopic (exact) mass is 294 g/mol. The van der Waals surface area contributed by atoms with Gasteiger partial charge in [-0.05, 0) is 22.4 Å². The molecule has 0 spiro atoms. The Bertz CT molecular complexity index is 743. The number of benzene rings is 2. The van der Waals surface area contributed by atoms with E-state index < -0.39 is 27.9 Å². The van der Waals surface area contributed by atoms with Crippen LogP contribution in [0, 0.1) is 0 Å². The molecule has 0 aliphatic heterocycles. The molecule has 0 aliphatic rings. The maximum atomic E-state index is 11.6. The first-order chi connectivity index (χ1) is 9.38. The van der Waals surface area contributed by atoms with Crippen LogP contribution in [0.1, 0.15) is 10.9 Å². The third kappa shape index (κ3) is 3.32. The van der Waals surface area contributed by atoms with Crippen molar-refractivity contribution in [3.05, 3.63) is 48.0 Å². The van der Waals surface area contributed by atoms with Gasteiger partial charge < -0.3 is 5.11 Å². The standard InChI is InChI=1S/C13H14N2O4S/c14-20(18,19)13(15-8-12(16)17)11-6-5-9-3-1-2-4-10(9)7-11/h1-7,13,15H,8H2,(H,16,17)(H2,14,18,19). The van der Waals surface area contributed by atoms with Crippen molar-refractivity contribution in [3.63, 3.8) is 0 Å². The number of carbonyl (C=O) groups is 1. The highest BCUT2D eigenvalue weighted by Gasteiger charge is 2.24. The summed E-state index contributed by atoms with van der Waals surface area (Å²) in [6.07, 6.45) is 0. The molecule has 0 heterocycles. The number of sulfonamides is 1. The fourth-order valence-electron chi connectivity index (χ4n) is 1.97. The summed E-state index contributed by atoms with van der Waals surface area (Å²) in [5.41, 5.74) is 0.410. The van der Waals surface area contributed by atoms with Gasteiger partial charge in [-0.1, -0.05) is 36.4 Å². The average molecular weight is 294 g/mol. The van der Waals surface area contributed by atoms with Gasteiger partial charge in [0.1, 0.15) is 0 Å². The summed E-state index contributed by atoms with van der Waals surface area (Å²) < 4.78 is 23.2. The van der Waals surface area contributed by atoms with Gasteiger partial charge in [-0.15, -0.1) is 0 Å². The Hall–Kier alpha value is -1.96. The number of hydrogen-bond donors (Lipinski definition) is 3. The molecule has 2 aromatic carbocycles. The second-order valence-corrected chi connectivity index (χ2v) is 6.00. The first kappa shape index (κ1) is 14.4. The van der Waals surface area contributed by atoms with E-state index in [1.54, 1.807) is 18.2 Å². The predicted molar refractivity (Wildman–Crippen MR) is 75.4 cm³/mol. The summed E-state index contributed by atoms with van der Waals surface area (Å²) >= 11 is 0. The molecule has 0 amide bonds. The molecule has 4 N–H and O–H groups in total. The van der Waals surface area contributed by atoms with Gasteiger partial charge in [0, 0.05) is 0 Å². The lowest BCUT2D eigenvalue weighted by atomic mass is 10.1. The fourth-order valence-corrected chi connectivity index (χ4v) is 2.82. The van der Waals surface area contributed by atoms with Gasteiger partial charge in [-0.2, -0.15) is 0 Å². The van der Waals surface area contributed by atoms with Gasteiger partial charge in [0.05, 0.1) is 6.54 Å². The van der Waals surface area contributed by atoms with Crippen molar-refractivity contribution >= 4 is 26.8 Å². The highest BCUT2D eigenvalue weighted by molar-refractivity contribution is 7.89. The van der Waals surface area contributed by atoms with Gasteiger partial charge >= 0.3 is 5.97 Å². The summed E-state index contributed by atoms with van der Waals surface area (Å²) in [5.74, 6) is -1.15. The van der Waals surface area contributed by atoms with Crippen LogP contribution in [0.2, 0.25) is 0 Å². The average Bonchev–Trinajstić information content (AvgIpc) is 2.37. The molecular formula is C13H14N2O4S. The lowest BCUT2D eigenvalue weighted by Gasteiger charge is -2.16. The van der Waals surface area contributed by atoms with Crippen LogP contribution in [0.15, 0.2) is 42.5 Å². The molecule has 2 aromatic rings. The highest BCUT2D eigenvalue weighted by atomic mass is 32.2. The first-order valence-electron chi connectivity index (χ1n) is 5.83. The fraction of sp³-hybridized carbons (Fsp3) is 0.154. The Morgan fingerprint density at radius 2 is 1.85 bits per heavy atom. The second-order valence-electron chi connectivity index (χ2n) is 4.35. The number of nitrogens with two attached hydrogens (primary N) is 1. The zero-order valence-corrected chi connectivity index (χ0v) is 11.3. The minimum absolute atomic E-state index is 0.410. The molecule has 0 aromatic heterocycles. The Labute approximate surface area is 116 Å². The minimum Gasteiger partial charge on any atom is -0.480 e. The summed E-state index contributed by atoms with van der Waals surface area (Å²) in [6.45, 7) is -0.492. The number of fused-ring (bicyclic) bond motifs is 1. The van der Waals surface area contributed by atoms with Crippen LogP contribution in [0.5, 0.6) is 0 Å². The van der Waals surface area contributed by atoms with Gasteiger partial charge in [0.2, 0.25) is 10.0 Å². The van der Waals surface area contributed by atoms with Crippen molar-refractivity contribution in [2.45, 2.75) is 5.37 Å². The predicted octanol–water partition coefficient (Wildman–Crippen LogP) is 0.801. The van der Waals surface area contributed by atoms with Crippen LogP contribution in [0.4, 0.5) is 0 Å². The normalized spacial score (nSPS) is 13.2. The van der Waals surface area contributed by atoms with E-state index >= 15 is 0 Å². The van der Waals surface area contributed by atoms with E-state index in [1.807, 2.05) is 24.3 Å². The molecule has 0 aliphatic carbocycles. The highest BCUT2D eigenvalue weighted by Crippen LogP contribution is 2.22. The SMILES string of the molecule is NS(=O)(=O)C(NCC(=O)O)c1ccc2ccccc2c1. The third-order valence-electron chi connectivity index (χ3n) is 2.84. The maximum Gasteiger partial charge on any atom is 0.317 e. The molecule has 106 valence electrons. The van der Waals surface area contributed by atoms with Crippen LogP contribution >= 0.6 is 0 Å². The number of carboxylic acids is 1. The molecule has 0 saturated carbocycles. The van der Waals surface area contributed by atoms with Crippen LogP contribution in [-0.2, 0) is 14.8 Å². The molecule has 1 unspecified atom stereocenters. The third-order valence-corrected chi connectivity index (χ3v) is 3.94. The summed E-state index contributed by atoms with van der Waals surface area (Å²) in [4.78, 5) is 10.6. The van der Waals surface area contributed by atoms with Crippen molar-refractivity contribution in [2.24, 2.45) is 5.14 Å². The topological polar surface area (TPSA) is 109 Å². The van der Waals surface area contributed by atoms with Gasteiger partial charge in [0.15, 0.2) is 5.37 Å². The molecule has 7 heteroatoms. The molecule has 20 heavy (non-hydrogen) atoms. The van der Waals surface area contributed by atoms with Crippen LogP contribution < -0.4 is 10.5 Å². The number of primary sulfonamides is 1. The Kier molecular flexibility index (Phi) is 4.03. The lowest BCUT2D eigenvalue weighted by molar-refractivity contribution is -0.136. The molecule has 0 radical (unpaired) electrons. The quantitative estimate of drug-likeness (QED) is 0.755. The second kappa shape index (κ2) is 5.58. The maximum absolute atomic E-state index is 11.6. The summed E-state index contributed by atoms with van der Waals surface area (Å²) in [6, 6.07) is 12.5. The van der Waals surface area contributed by atoms with Crippen molar-refractivity contribution in [3.8, 4) is 0 Å². The van der Waals surface area contributed by atoms with Crippen molar-refractivity contribution in [1.82, 2.24) is 5.32 Å². The van der Waals surface area contributed by atoms with Gasteiger partial charge in [-0.3, -0.25) is 10.1 Å². The van der Waals surface area contributed by atoms with E-state index in [4.69, 9.17) is 10.2 Å². The molecule has 6 nitrogen and oxygen atoms in total. The Balaban J connectivity index is 2.42. The number of rotatable bonds is 5. The van der Waals surface area contributed by atoms with Gasteiger partial charge in [-0.25, -0.2) is 13.6 Å². The number of aliphatic carboxylic acids is 1. The lowest BCUT2D eigenvalue weighted by Crippen LogP contribution is -2.36. The molecule has 0 fully saturated rings. The Morgan fingerprint density at radius 1 is 1.20 bits per heavy atom. The van der Waals surface area contributed by atoms with Gasteiger partial charge in [0.25, 0.3) is 0 Å². The van der Waals surface area contributed by atoms with E-state index in [1.165, 1.54) is 0 Å². The molecule has 0 bridgehead atoms. The van der Waals surface area contributed by atoms with Crippen molar-refractivity contribution < 1.29 is 18.3 Å². The minimum atomic E-state index is -3.96. The summed E-state index contributed by atoms with van der Waals surface area (Å²) in [5, 5.41) is 16.8. The van der Waals surface area contributed by atoms with E-state index in [0.717, 1.165) is 10.8 Å². The van der Waals surface area contributed by atoms with E-state index in [-0.39, 0.29) is 0 Å². The zero-order valence-electron chi connectivity index (χ0n) is 10.5. The van der Waals surface area contributed by atoms with Crippen LogP contribution in [0.3, 0.4) is 0 Å². The molecule has 0 saturated heterocycles. The van der Waals surface area contributed by atoms with Crippen molar-refractivity contribution in [2.75, 3.05) is 6.54 Å². The van der Waals surface area contributed by atoms with E-state index in [2.05, 4.69) is 5.32 Å². The largest absolute Gasteiger partial charge is 0.480 e. The number of hydrogen-bond acceptors (Lipinski definition) is 4. The number of carboxylic acid groups (broad SMARTS) is 1. The molecule has 2 rings (SSSR count). The Morgan fingerprint density at radius 3 is 2.45 bits per heavy atom. The number of nitrogens with one attached hydrogen (secondary N) is 1. The zero-order chi connectivity index (χ0) is 14.8. The van der Waals surface area contributed by atoms with Crippen LogP contribution in [-0.4, -0.2) is 26.0 Å². The summed E-state index contributed by atoms with van der Waals surface area (Å²) in [7, 11) is -3.96. The van der Waals surface area contributed by atoms with Crippen LogP contribution in [0.25, 0.3) is 10.8 Å². The molecule has 1 atom stereocenters. The molecular weight excluding hydrogens is 280 g/mol. The smallest absolute Gasteiger partial charge is 0.317 e. The van der Waals surface area contributed by atoms with Crippen molar-refractivity contribution in [1.29, 1.82) is 0 Å². The van der Waals surface area contributed by atoms with E-state index in [0.29, 0.717) is 5.56 Å².